The Bertz CT molecular complexity index is 587. The van der Waals surface area contributed by atoms with Crippen LogP contribution in [0.1, 0.15) is 19.3 Å². The van der Waals surface area contributed by atoms with Crippen molar-refractivity contribution in [2.24, 2.45) is 0 Å². The number of nitrogens with one attached hydrogen (secondary N) is 2. The van der Waals surface area contributed by atoms with Crippen LogP contribution in [0.2, 0.25) is 0 Å². The molecule has 0 spiro atoms. The highest BCUT2D eigenvalue weighted by Crippen LogP contribution is 2.21. The predicted molar refractivity (Wildman–Crippen MR) is 76.0 cm³/mol. The summed E-state index contributed by atoms with van der Waals surface area (Å²) in [5.74, 6) is 0.133. The molecule has 0 saturated heterocycles. The van der Waals surface area contributed by atoms with Gasteiger partial charge in [0.05, 0.1) is 5.52 Å². The summed E-state index contributed by atoms with van der Waals surface area (Å²) in [7, 11) is 0. The van der Waals surface area contributed by atoms with E-state index in [1.165, 1.54) is 0 Å². The Morgan fingerprint density at radius 2 is 2.11 bits per heavy atom. The average Bonchev–Trinajstić information content (AvgIpc) is 3.23. The van der Waals surface area contributed by atoms with E-state index in [-0.39, 0.29) is 5.91 Å². The quantitative estimate of drug-likeness (QED) is 0.862. The number of amides is 1. The molecule has 0 unspecified atom stereocenters. The van der Waals surface area contributed by atoms with Crippen molar-refractivity contribution in [1.82, 2.24) is 10.3 Å². The van der Waals surface area contributed by atoms with Gasteiger partial charge in [0.25, 0.3) is 0 Å². The average molecular weight is 255 g/mol. The van der Waals surface area contributed by atoms with Crippen LogP contribution in [0.15, 0.2) is 36.5 Å². The maximum Gasteiger partial charge on any atom is 0.221 e. The summed E-state index contributed by atoms with van der Waals surface area (Å²) in [5.41, 5.74) is 2.00. The number of anilines is 1. The number of aromatic nitrogens is 1. The standard InChI is InChI=1S/C15H17N3O/c19-15(18-11-5-6-11)8-10-17-14-7-9-16-13-4-2-1-3-12(13)14/h1-4,7,9,11H,5-6,8,10H2,(H,16,17)(H,18,19). The topological polar surface area (TPSA) is 54.0 Å². The van der Waals surface area contributed by atoms with E-state index in [9.17, 15) is 4.79 Å². The van der Waals surface area contributed by atoms with Crippen LogP contribution in [0.25, 0.3) is 10.9 Å². The Labute approximate surface area is 112 Å². The van der Waals surface area contributed by atoms with Crippen molar-refractivity contribution in [3.05, 3.63) is 36.5 Å². The summed E-state index contributed by atoms with van der Waals surface area (Å²) in [6, 6.07) is 10.4. The van der Waals surface area contributed by atoms with Crippen LogP contribution in [0, 0.1) is 0 Å². The van der Waals surface area contributed by atoms with Crippen molar-refractivity contribution >= 4 is 22.5 Å². The first-order valence-electron chi connectivity index (χ1n) is 6.70. The fraction of sp³-hybridized carbons (Fsp3) is 0.333. The highest BCUT2D eigenvalue weighted by Gasteiger charge is 2.22. The van der Waals surface area contributed by atoms with E-state index in [0.29, 0.717) is 19.0 Å². The van der Waals surface area contributed by atoms with Crippen LogP contribution in [-0.4, -0.2) is 23.5 Å². The molecule has 1 aliphatic rings. The zero-order valence-electron chi connectivity index (χ0n) is 10.7. The number of carbonyl (C=O) groups is 1. The highest BCUT2D eigenvalue weighted by molar-refractivity contribution is 5.91. The maximum atomic E-state index is 11.6. The summed E-state index contributed by atoms with van der Waals surface area (Å²) < 4.78 is 0. The third-order valence-corrected chi connectivity index (χ3v) is 3.26. The molecular weight excluding hydrogens is 238 g/mol. The van der Waals surface area contributed by atoms with E-state index in [4.69, 9.17) is 0 Å². The van der Waals surface area contributed by atoms with Crippen LogP contribution in [0.5, 0.6) is 0 Å². The summed E-state index contributed by atoms with van der Waals surface area (Å²) in [6.45, 7) is 0.645. The largest absolute Gasteiger partial charge is 0.384 e. The molecule has 1 heterocycles. The maximum absolute atomic E-state index is 11.6. The molecule has 2 N–H and O–H groups in total. The van der Waals surface area contributed by atoms with E-state index in [1.807, 2.05) is 30.3 Å². The molecule has 1 saturated carbocycles. The van der Waals surface area contributed by atoms with E-state index >= 15 is 0 Å². The second kappa shape index (κ2) is 5.26. The number of rotatable bonds is 5. The number of hydrogen-bond acceptors (Lipinski definition) is 3. The minimum atomic E-state index is 0.133. The molecular formula is C15H17N3O. The predicted octanol–water partition coefficient (Wildman–Crippen LogP) is 2.32. The number of pyridine rings is 1. The lowest BCUT2D eigenvalue weighted by atomic mass is 10.2. The van der Waals surface area contributed by atoms with Crippen LogP contribution >= 0.6 is 0 Å². The zero-order chi connectivity index (χ0) is 13.1. The second-order valence-corrected chi connectivity index (χ2v) is 4.89. The van der Waals surface area contributed by atoms with Crippen molar-refractivity contribution in [3.8, 4) is 0 Å². The van der Waals surface area contributed by atoms with Gasteiger partial charge in [0, 0.05) is 36.3 Å². The van der Waals surface area contributed by atoms with Gasteiger partial charge >= 0.3 is 0 Å². The molecule has 4 heteroatoms. The number of nitrogens with zero attached hydrogens (tertiary/aromatic N) is 1. The number of fused-ring (bicyclic) bond motifs is 1. The summed E-state index contributed by atoms with van der Waals surface area (Å²) in [4.78, 5) is 15.9. The normalized spacial score (nSPS) is 14.3. The third-order valence-electron chi connectivity index (χ3n) is 3.26. The molecule has 4 nitrogen and oxygen atoms in total. The van der Waals surface area contributed by atoms with Gasteiger partial charge in [0.15, 0.2) is 0 Å². The van der Waals surface area contributed by atoms with Gasteiger partial charge in [-0.3, -0.25) is 9.78 Å². The van der Waals surface area contributed by atoms with Gasteiger partial charge in [-0.05, 0) is 25.0 Å². The molecule has 0 radical (unpaired) electrons. The fourth-order valence-corrected chi connectivity index (χ4v) is 2.09. The van der Waals surface area contributed by atoms with Crippen molar-refractivity contribution in [3.63, 3.8) is 0 Å². The SMILES string of the molecule is O=C(CCNc1ccnc2ccccc12)NC1CC1. The van der Waals surface area contributed by atoms with Crippen molar-refractivity contribution in [1.29, 1.82) is 0 Å². The molecule has 19 heavy (non-hydrogen) atoms. The van der Waals surface area contributed by atoms with E-state index in [0.717, 1.165) is 29.4 Å². The third kappa shape index (κ3) is 3.02. The molecule has 1 aromatic carbocycles. The summed E-state index contributed by atoms with van der Waals surface area (Å²) in [6.07, 6.45) is 4.56. The first-order chi connectivity index (χ1) is 9.33. The molecule has 1 amide bonds. The Morgan fingerprint density at radius 3 is 2.95 bits per heavy atom. The summed E-state index contributed by atoms with van der Waals surface area (Å²) in [5, 5.41) is 7.39. The van der Waals surface area contributed by atoms with E-state index in [1.54, 1.807) is 6.20 Å². The number of carbonyl (C=O) groups excluding carboxylic acids is 1. The minimum absolute atomic E-state index is 0.133. The lowest BCUT2D eigenvalue weighted by Crippen LogP contribution is -2.27. The first kappa shape index (κ1) is 12.0. The highest BCUT2D eigenvalue weighted by atomic mass is 16.1. The zero-order valence-corrected chi connectivity index (χ0v) is 10.7. The van der Waals surface area contributed by atoms with E-state index in [2.05, 4.69) is 15.6 Å². The number of para-hydroxylation sites is 1. The second-order valence-electron chi connectivity index (χ2n) is 4.89. The van der Waals surface area contributed by atoms with Crippen molar-refractivity contribution in [2.45, 2.75) is 25.3 Å². The molecule has 0 bridgehead atoms. The Morgan fingerprint density at radius 1 is 1.26 bits per heavy atom. The number of benzene rings is 1. The Balaban J connectivity index is 1.60. The van der Waals surface area contributed by atoms with Crippen LogP contribution < -0.4 is 10.6 Å². The van der Waals surface area contributed by atoms with Gasteiger partial charge in [-0.2, -0.15) is 0 Å². The number of hydrogen-bond donors (Lipinski definition) is 2. The van der Waals surface area contributed by atoms with Crippen molar-refractivity contribution in [2.75, 3.05) is 11.9 Å². The monoisotopic (exact) mass is 255 g/mol. The van der Waals surface area contributed by atoms with Gasteiger partial charge < -0.3 is 10.6 Å². The minimum Gasteiger partial charge on any atom is -0.384 e. The van der Waals surface area contributed by atoms with E-state index < -0.39 is 0 Å². The molecule has 1 fully saturated rings. The van der Waals surface area contributed by atoms with Gasteiger partial charge in [-0.15, -0.1) is 0 Å². The molecule has 0 atom stereocenters. The van der Waals surface area contributed by atoms with Gasteiger partial charge in [-0.1, -0.05) is 18.2 Å². The van der Waals surface area contributed by atoms with Gasteiger partial charge in [0.2, 0.25) is 5.91 Å². The Hall–Kier alpha value is -2.10. The molecule has 2 aromatic rings. The molecule has 1 aliphatic carbocycles. The fourth-order valence-electron chi connectivity index (χ4n) is 2.09. The van der Waals surface area contributed by atoms with Crippen LogP contribution in [0.3, 0.4) is 0 Å². The lowest BCUT2D eigenvalue weighted by molar-refractivity contribution is -0.120. The molecule has 0 aliphatic heterocycles. The summed E-state index contributed by atoms with van der Waals surface area (Å²) >= 11 is 0. The molecule has 3 rings (SSSR count). The lowest BCUT2D eigenvalue weighted by Gasteiger charge is -2.09. The van der Waals surface area contributed by atoms with Crippen LogP contribution in [0.4, 0.5) is 5.69 Å². The van der Waals surface area contributed by atoms with Crippen molar-refractivity contribution < 1.29 is 4.79 Å². The van der Waals surface area contributed by atoms with Crippen LogP contribution in [-0.2, 0) is 4.79 Å². The Kier molecular flexibility index (Phi) is 3.31. The van der Waals surface area contributed by atoms with Gasteiger partial charge in [0.1, 0.15) is 0 Å². The van der Waals surface area contributed by atoms with Gasteiger partial charge in [-0.25, -0.2) is 0 Å². The first-order valence-corrected chi connectivity index (χ1v) is 6.70. The molecule has 1 aromatic heterocycles. The smallest absolute Gasteiger partial charge is 0.221 e. The molecule has 98 valence electrons.